The molecule has 57 heavy (non-hydrogen) atoms. The van der Waals surface area contributed by atoms with Crippen molar-refractivity contribution in [1.82, 2.24) is 35.4 Å². The number of hydrogen-bond acceptors (Lipinski definition) is 11. The second kappa shape index (κ2) is 19.3. The van der Waals surface area contributed by atoms with Crippen LogP contribution >= 0.6 is 0 Å². The van der Waals surface area contributed by atoms with E-state index in [9.17, 15) is 28.8 Å². The van der Waals surface area contributed by atoms with Crippen LogP contribution in [0.2, 0.25) is 0 Å². The Labute approximate surface area is 333 Å². The zero-order valence-corrected chi connectivity index (χ0v) is 34.4. The fourth-order valence-electron chi connectivity index (χ4n) is 6.27. The SMILES string of the molecule is CCOCc1nc2c(CC(=O)CNC(=O)OC(C)(C)C)nc3ccccc3c2n1CC(C)(C)OCCNC(=O)C(C)(C)NC(=O)CCCCCN1C(=O)C=CC1=O. The third-order valence-corrected chi connectivity index (χ3v) is 8.99. The smallest absolute Gasteiger partial charge is 0.408 e. The van der Waals surface area contributed by atoms with E-state index in [0.717, 1.165) is 10.9 Å². The number of pyridine rings is 1. The van der Waals surface area contributed by atoms with Crippen LogP contribution in [-0.4, -0.2) is 105 Å². The lowest BCUT2D eigenvalue weighted by atomic mass is 10.0. The number of alkyl carbamates (subject to hydrolysis) is 1. The largest absolute Gasteiger partial charge is 0.444 e. The van der Waals surface area contributed by atoms with Crippen LogP contribution in [0.25, 0.3) is 21.9 Å². The van der Waals surface area contributed by atoms with Crippen LogP contribution in [0.5, 0.6) is 0 Å². The molecule has 0 aliphatic carbocycles. The highest BCUT2D eigenvalue weighted by Crippen LogP contribution is 2.30. The predicted octanol–water partition coefficient (Wildman–Crippen LogP) is 4.05. The van der Waals surface area contributed by atoms with Crippen molar-refractivity contribution >= 4 is 57.4 Å². The number of nitrogens with one attached hydrogen (secondary N) is 3. The summed E-state index contributed by atoms with van der Waals surface area (Å²) in [6.45, 7) is 15.7. The van der Waals surface area contributed by atoms with Gasteiger partial charge in [-0.25, -0.2) is 14.8 Å². The number of carbonyl (C=O) groups is 6. The molecule has 0 bridgehead atoms. The van der Waals surface area contributed by atoms with Gasteiger partial charge >= 0.3 is 6.09 Å². The summed E-state index contributed by atoms with van der Waals surface area (Å²) in [6.07, 6.45) is 3.74. The van der Waals surface area contributed by atoms with Gasteiger partial charge in [-0.3, -0.25) is 28.9 Å². The Morgan fingerprint density at radius 2 is 1.58 bits per heavy atom. The highest BCUT2D eigenvalue weighted by molar-refractivity contribution is 6.12. The molecule has 0 spiro atoms. The highest BCUT2D eigenvalue weighted by atomic mass is 16.6. The minimum absolute atomic E-state index is 0.0675. The second-order valence-electron chi connectivity index (χ2n) is 16.1. The van der Waals surface area contributed by atoms with Crippen LogP contribution < -0.4 is 16.0 Å². The number of nitrogens with zero attached hydrogens (tertiary/aromatic N) is 4. The molecule has 0 atom stereocenters. The molecule has 3 N–H and O–H groups in total. The van der Waals surface area contributed by atoms with E-state index >= 15 is 0 Å². The van der Waals surface area contributed by atoms with Crippen molar-refractivity contribution in [2.24, 2.45) is 0 Å². The van der Waals surface area contributed by atoms with Crippen molar-refractivity contribution in [1.29, 1.82) is 0 Å². The molecule has 1 aliphatic heterocycles. The minimum Gasteiger partial charge on any atom is -0.444 e. The summed E-state index contributed by atoms with van der Waals surface area (Å²) in [5.41, 5.74) is -0.154. The normalized spacial score (nSPS) is 13.4. The number of imidazole rings is 1. The van der Waals surface area contributed by atoms with Crippen molar-refractivity contribution < 1.29 is 43.0 Å². The molecule has 2 aromatic heterocycles. The average molecular weight is 792 g/mol. The Bertz CT molecular complexity index is 1980. The van der Waals surface area contributed by atoms with Crippen LogP contribution in [0, 0.1) is 0 Å². The Kier molecular flexibility index (Phi) is 15.1. The molecule has 0 unspecified atom stereocenters. The molecular formula is C41H57N7O9. The van der Waals surface area contributed by atoms with E-state index in [-0.39, 0.29) is 68.6 Å². The first-order valence-corrected chi connectivity index (χ1v) is 19.4. The molecule has 0 saturated heterocycles. The van der Waals surface area contributed by atoms with E-state index in [2.05, 4.69) is 16.0 Å². The lowest BCUT2D eigenvalue weighted by molar-refractivity contribution is -0.137. The predicted molar refractivity (Wildman–Crippen MR) is 213 cm³/mol. The van der Waals surface area contributed by atoms with Gasteiger partial charge in [0.25, 0.3) is 11.8 Å². The van der Waals surface area contributed by atoms with Crippen molar-refractivity contribution in [2.45, 2.75) is 117 Å². The quantitative estimate of drug-likeness (QED) is 0.104. The summed E-state index contributed by atoms with van der Waals surface area (Å²) >= 11 is 0. The molecule has 3 heterocycles. The number of imide groups is 1. The van der Waals surface area contributed by atoms with Gasteiger partial charge in [-0.15, -0.1) is 0 Å². The number of para-hydroxylation sites is 1. The van der Waals surface area contributed by atoms with E-state index in [1.165, 1.54) is 17.1 Å². The molecule has 5 amide bonds. The minimum atomic E-state index is -1.17. The maximum Gasteiger partial charge on any atom is 0.408 e. The summed E-state index contributed by atoms with van der Waals surface area (Å²) in [5, 5.41) is 9.00. The van der Waals surface area contributed by atoms with E-state index in [0.29, 0.717) is 61.5 Å². The number of ether oxygens (including phenoxy) is 3. The monoisotopic (exact) mass is 791 g/mol. The molecule has 1 aromatic carbocycles. The maximum atomic E-state index is 13.1. The lowest BCUT2D eigenvalue weighted by Crippen LogP contribution is -2.55. The Morgan fingerprint density at radius 3 is 2.26 bits per heavy atom. The summed E-state index contributed by atoms with van der Waals surface area (Å²) in [4.78, 5) is 85.3. The molecule has 0 saturated carbocycles. The van der Waals surface area contributed by atoms with Gasteiger partial charge in [0, 0.05) is 43.7 Å². The Balaban J connectivity index is 1.36. The lowest BCUT2D eigenvalue weighted by Gasteiger charge is -2.28. The van der Waals surface area contributed by atoms with Crippen LogP contribution in [-0.2, 0) is 57.8 Å². The van der Waals surface area contributed by atoms with Gasteiger partial charge in [0.1, 0.15) is 29.1 Å². The first-order valence-electron chi connectivity index (χ1n) is 19.4. The molecule has 16 heteroatoms. The Morgan fingerprint density at radius 1 is 0.877 bits per heavy atom. The van der Waals surface area contributed by atoms with Gasteiger partial charge in [0.2, 0.25) is 11.8 Å². The molecule has 1 aliphatic rings. The standard InChI is InChI=1S/C41H57N7O9/c1-9-55-25-31-45-35-30(23-27(49)24-43-38(54)57-39(2,3)4)44-29-16-13-12-15-28(29)36(35)48(31)26-40(5,6)56-22-20-42-37(53)41(7,8)46-32(50)17-11-10-14-21-47-33(51)18-19-34(47)52/h12-13,15-16,18-19H,9-11,14,17,20-26H2,1-8H3,(H,42,53)(H,43,54)(H,46,50). The topological polar surface area (TPSA) is 200 Å². The zero-order chi connectivity index (χ0) is 42.0. The zero-order valence-electron chi connectivity index (χ0n) is 34.4. The molecular weight excluding hydrogens is 734 g/mol. The van der Waals surface area contributed by atoms with E-state index in [1.807, 2.05) is 49.6 Å². The van der Waals surface area contributed by atoms with E-state index in [4.69, 9.17) is 24.2 Å². The van der Waals surface area contributed by atoms with E-state index < -0.39 is 22.8 Å². The first-order chi connectivity index (χ1) is 26.8. The fraction of sp³-hybridized carbons (Fsp3) is 0.561. The number of fused-ring (bicyclic) bond motifs is 3. The van der Waals surface area contributed by atoms with Gasteiger partial charge in [-0.05, 0) is 74.3 Å². The average Bonchev–Trinajstić information content (AvgIpc) is 3.64. The third-order valence-electron chi connectivity index (χ3n) is 8.99. The van der Waals surface area contributed by atoms with Crippen molar-refractivity contribution in [3.05, 3.63) is 47.9 Å². The number of carbonyl (C=O) groups excluding carboxylic acids is 6. The maximum absolute atomic E-state index is 13.1. The van der Waals surface area contributed by atoms with Gasteiger partial charge in [0.05, 0.1) is 48.4 Å². The summed E-state index contributed by atoms with van der Waals surface area (Å²) in [5.74, 6) is -0.915. The summed E-state index contributed by atoms with van der Waals surface area (Å²) in [6, 6.07) is 7.61. The van der Waals surface area contributed by atoms with Crippen LogP contribution in [0.3, 0.4) is 0 Å². The third kappa shape index (κ3) is 12.9. The summed E-state index contributed by atoms with van der Waals surface area (Å²) < 4.78 is 19.4. The number of rotatable bonds is 21. The van der Waals surface area contributed by atoms with Crippen molar-refractivity contribution in [3.8, 4) is 0 Å². The fourth-order valence-corrected chi connectivity index (χ4v) is 6.27. The van der Waals surface area contributed by atoms with Gasteiger partial charge in [-0.1, -0.05) is 24.6 Å². The van der Waals surface area contributed by atoms with Crippen molar-refractivity contribution in [2.75, 3.05) is 32.8 Å². The molecule has 0 radical (unpaired) electrons. The van der Waals surface area contributed by atoms with Crippen molar-refractivity contribution in [3.63, 3.8) is 0 Å². The van der Waals surface area contributed by atoms with Gasteiger partial charge < -0.3 is 34.7 Å². The number of ketones is 1. The second-order valence-corrected chi connectivity index (χ2v) is 16.1. The molecule has 3 aromatic rings. The summed E-state index contributed by atoms with van der Waals surface area (Å²) in [7, 11) is 0. The number of Topliss-reactive ketones (excluding diaryl/α,β-unsaturated/α-hetero) is 1. The highest BCUT2D eigenvalue weighted by Gasteiger charge is 2.30. The molecule has 4 rings (SSSR count). The van der Waals surface area contributed by atoms with Gasteiger partial charge in [0.15, 0.2) is 5.78 Å². The van der Waals surface area contributed by atoms with Crippen LogP contribution in [0.4, 0.5) is 4.79 Å². The first kappa shape index (κ1) is 44.5. The Hall–Kier alpha value is -5.22. The van der Waals surface area contributed by atoms with E-state index in [1.54, 1.807) is 34.6 Å². The molecule has 16 nitrogen and oxygen atoms in total. The van der Waals surface area contributed by atoms with Gasteiger partial charge in [-0.2, -0.15) is 0 Å². The number of benzene rings is 1. The van der Waals surface area contributed by atoms with Crippen LogP contribution in [0.15, 0.2) is 36.4 Å². The number of hydrogen-bond donors (Lipinski definition) is 3. The van der Waals surface area contributed by atoms with Crippen LogP contribution in [0.1, 0.15) is 92.6 Å². The number of aromatic nitrogens is 3. The number of amides is 5. The molecule has 310 valence electrons. The number of unbranched alkanes of at least 4 members (excludes halogenated alkanes) is 2. The molecule has 0 fully saturated rings.